The van der Waals surface area contributed by atoms with Crippen molar-refractivity contribution in [1.29, 1.82) is 5.26 Å². The third kappa shape index (κ3) is 2.37. The first-order valence-electron chi connectivity index (χ1n) is 7.60. The lowest BCUT2D eigenvalue weighted by Crippen LogP contribution is -2.43. The van der Waals surface area contributed by atoms with Gasteiger partial charge in [0, 0.05) is 5.69 Å². The van der Waals surface area contributed by atoms with Gasteiger partial charge in [0.1, 0.15) is 0 Å². The summed E-state index contributed by atoms with van der Waals surface area (Å²) in [6.07, 6.45) is 5.03. The number of carbonyl (C=O) groups is 1. The molecule has 1 amide bonds. The summed E-state index contributed by atoms with van der Waals surface area (Å²) in [7, 11) is 0. The maximum absolute atomic E-state index is 11.9. The maximum atomic E-state index is 11.9. The molecule has 3 nitrogen and oxygen atoms in total. The predicted molar refractivity (Wildman–Crippen MR) is 86.3 cm³/mol. The van der Waals surface area contributed by atoms with E-state index in [9.17, 15) is 4.79 Å². The van der Waals surface area contributed by atoms with Gasteiger partial charge in [-0.25, -0.2) is 0 Å². The number of carbonyl (C=O) groups excluding carboxylic acids is 1. The molecule has 110 valence electrons. The van der Waals surface area contributed by atoms with E-state index in [2.05, 4.69) is 18.2 Å². The van der Waals surface area contributed by atoms with Gasteiger partial charge in [0.15, 0.2) is 0 Å². The van der Waals surface area contributed by atoms with Crippen molar-refractivity contribution in [3.8, 4) is 6.07 Å². The Morgan fingerprint density at radius 3 is 2.41 bits per heavy atom. The monoisotopic (exact) mass is 290 g/mol. The van der Waals surface area contributed by atoms with Crippen molar-refractivity contribution < 1.29 is 4.79 Å². The molecule has 1 aliphatic rings. The van der Waals surface area contributed by atoms with Crippen molar-refractivity contribution in [3.05, 3.63) is 65.7 Å². The molecule has 0 radical (unpaired) electrons. The molecule has 1 aliphatic carbocycles. The first kappa shape index (κ1) is 14.3. The topological polar surface area (TPSA) is 44.1 Å². The predicted octanol–water partition coefficient (Wildman–Crippen LogP) is 3.99. The Kier molecular flexibility index (Phi) is 3.93. The van der Waals surface area contributed by atoms with Crippen LogP contribution in [0.2, 0.25) is 0 Å². The molecule has 2 aromatic carbocycles. The van der Waals surface area contributed by atoms with Crippen molar-refractivity contribution in [3.63, 3.8) is 0 Å². The molecule has 0 spiro atoms. The Bertz CT molecular complexity index is 697. The van der Waals surface area contributed by atoms with E-state index in [1.54, 1.807) is 12.1 Å². The summed E-state index contributed by atoms with van der Waals surface area (Å²) in [4.78, 5) is 13.7. The van der Waals surface area contributed by atoms with Gasteiger partial charge >= 0.3 is 0 Å². The second-order valence-corrected chi connectivity index (χ2v) is 5.74. The van der Waals surface area contributed by atoms with Gasteiger partial charge in [-0.3, -0.25) is 4.79 Å². The summed E-state index contributed by atoms with van der Waals surface area (Å²) in [6, 6.07) is 19.6. The third-order valence-corrected chi connectivity index (χ3v) is 4.56. The van der Waals surface area contributed by atoms with E-state index in [1.807, 2.05) is 35.2 Å². The zero-order valence-corrected chi connectivity index (χ0v) is 12.4. The molecule has 0 aromatic heterocycles. The highest BCUT2D eigenvalue weighted by atomic mass is 16.1. The van der Waals surface area contributed by atoms with E-state index in [-0.39, 0.29) is 5.54 Å². The standard InChI is InChI=1S/C19H18N2O/c20-14-16-7-6-10-18(13-16)21(15-22)19(11-4-5-12-19)17-8-2-1-3-9-17/h1-3,6-10,13,15H,4-5,11-12H2. The molecule has 0 N–H and O–H groups in total. The van der Waals surface area contributed by atoms with Gasteiger partial charge in [0.2, 0.25) is 6.41 Å². The van der Waals surface area contributed by atoms with E-state index in [0.717, 1.165) is 37.8 Å². The highest BCUT2D eigenvalue weighted by molar-refractivity contribution is 5.78. The Labute approximate surface area is 130 Å². The second kappa shape index (κ2) is 6.03. The smallest absolute Gasteiger partial charge is 0.214 e. The zero-order valence-electron chi connectivity index (χ0n) is 12.4. The molecule has 2 aromatic rings. The van der Waals surface area contributed by atoms with Crippen LogP contribution in [-0.4, -0.2) is 6.41 Å². The molecule has 0 saturated heterocycles. The lowest BCUT2D eigenvalue weighted by Gasteiger charge is -2.39. The molecule has 0 heterocycles. The van der Waals surface area contributed by atoms with Gasteiger partial charge in [0.05, 0.1) is 17.2 Å². The number of hydrogen-bond acceptors (Lipinski definition) is 2. The van der Waals surface area contributed by atoms with Crippen LogP contribution in [0.15, 0.2) is 54.6 Å². The number of nitriles is 1. The molecule has 1 fully saturated rings. The molecule has 0 bridgehead atoms. The zero-order chi connectivity index (χ0) is 15.4. The Morgan fingerprint density at radius 1 is 1.05 bits per heavy atom. The van der Waals surface area contributed by atoms with Crippen molar-refractivity contribution in [2.24, 2.45) is 0 Å². The van der Waals surface area contributed by atoms with Gasteiger partial charge in [-0.05, 0) is 36.6 Å². The Hall–Kier alpha value is -2.60. The van der Waals surface area contributed by atoms with E-state index < -0.39 is 0 Å². The summed E-state index contributed by atoms with van der Waals surface area (Å²) in [5.41, 5.74) is 2.24. The lowest BCUT2D eigenvalue weighted by atomic mass is 9.86. The van der Waals surface area contributed by atoms with Gasteiger partial charge in [0.25, 0.3) is 0 Å². The average Bonchev–Trinajstić information content (AvgIpc) is 3.07. The van der Waals surface area contributed by atoms with Crippen LogP contribution in [0, 0.1) is 11.3 Å². The molecular weight excluding hydrogens is 272 g/mol. The Morgan fingerprint density at radius 2 is 1.77 bits per heavy atom. The van der Waals surface area contributed by atoms with Crippen LogP contribution in [0.5, 0.6) is 0 Å². The fourth-order valence-corrected chi connectivity index (χ4v) is 3.51. The molecule has 0 aliphatic heterocycles. The third-order valence-electron chi connectivity index (χ3n) is 4.56. The van der Waals surface area contributed by atoms with E-state index in [4.69, 9.17) is 5.26 Å². The summed E-state index contributed by atoms with van der Waals surface area (Å²) in [5, 5.41) is 9.11. The fraction of sp³-hybridized carbons (Fsp3) is 0.263. The van der Waals surface area contributed by atoms with E-state index >= 15 is 0 Å². The van der Waals surface area contributed by atoms with Crippen LogP contribution in [0.25, 0.3) is 0 Å². The van der Waals surface area contributed by atoms with Gasteiger partial charge in [-0.1, -0.05) is 49.2 Å². The van der Waals surface area contributed by atoms with Gasteiger partial charge in [-0.15, -0.1) is 0 Å². The average molecular weight is 290 g/mol. The molecule has 3 heteroatoms. The van der Waals surface area contributed by atoms with Gasteiger partial charge < -0.3 is 4.90 Å². The second-order valence-electron chi connectivity index (χ2n) is 5.74. The largest absolute Gasteiger partial charge is 0.305 e. The van der Waals surface area contributed by atoms with Crippen LogP contribution in [-0.2, 0) is 10.3 Å². The van der Waals surface area contributed by atoms with E-state index in [1.165, 1.54) is 5.56 Å². The normalized spacial score (nSPS) is 16.0. The maximum Gasteiger partial charge on any atom is 0.214 e. The molecule has 22 heavy (non-hydrogen) atoms. The summed E-state index contributed by atoms with van der Waals surface area (Å²) < 4.78 is 0. The number of amides is 1. The number of hydrogen-bond donors (Lipinski definition) is 0. The number of anilines is 1. The highest BCUT2D eigenvalue weighted by Gasteiger charge is 2.41. The molecule has 1 saturated carbocycles. The summed E-state index contributed by atoms with van der Waals surface area (Å²) in [6.45, 7) is 0. The molecule has 0 unspecified atom stereocenters. The van der Waals surface area contributed by atoms with Crippen LogP contribution in [0.3, 0.4) is 0 Å². The number of nitrogens with zero attached hydrogens (tertiary/aromatic N) is 2. The molecule has 0 atom stereocenters. The minimum atomic E-state index is -0.295. The lowest BCUT2D eigenvalue weighted by molar-refractivity contribution is -0.108. The quantitative estimate of drug-likeness (QED) is 0.799. The van der Waals surface area contributed by atoms with Crippen LogP contribution in [0.1, 0.15) is 36.8 Å². The van der Waals surface area contributed by atoms with Crippen molar-refractivity contribution in [1.82, 2.24) is 0 Å². The van der Waals surface area contributed by atoms with Crippen LogP contribution in [0.4, 0.5) is 5.69 Å². The van der Waals surface area contributed by atoms with E-state index in [0.29, 0.717) is 5.56 Å². The first-order valence-corrected chi connectivity index (χ1v) is 7.60. The van der Waals surface area contributed by atoms with Crippen LogP contribution >= 0.6 is 0 Å². The molecule has 3 rings (SSSR count). The summed E-state index contributed by atoms with van der Waals surface area (Å²) >= 11 is 0. The SMILES string of the molecule is N#Cc1cccc(N(C=O)C2(c3ccccc3)CCCC2)c1. The Balaban J connectivity index is 2.10. The van der Waals surface area contributed by atoms with Crippen molar-refractivity contribution in [2.45, 2.75) is 31.2 Å². The van der Waals surface area contributed by atoms with Crippen molar-refractivity contribution >= 4 is 12.1 Å². The minimum Gasteiger partial charge on any atom is -0.305 e. The number of rotatable bonds is 4. The fourth-order valence-electron chi connectivity index (χ4n) is 3.51. The molecular formula is C19H18N2O. The first-order chi connectivity index (χ1) is 10.8. The minimum absolute atomic E-state index is 0.295. The van der Waals surface area contributed by atoms with Crippen molar-refractivity contribution in [2.75, 3.05) is 4.90 Å². The van der Waals surface area contributed by atoms with Crippen LogP contribution < -0.4 is 4.90 Å². The highest BCUT2D eigenvalue weighted by Crippen LogP contribution is 2.45. The summed E-state index contributed by atoms with van der Waals surface area (Å²) in [5.74, 6) is 0. The number of benzene rings is 2. The van der Waals surface area contributed by atoms with Gasteiger partial charge in [-0.2, -0.15) is 5.26 Å².